The molecule has 1 amide bonds. The van der Waals surface area contributed by atoms with Gasteiger partial charge < -0.3 is 19.9 Å². The Balaban J connectivity index is 1.44. The average molecular weight is 452 g/mol. The van der Waals surface area contributed by atoms with Crippen molar-refractivity contribution in [1.29, 1.82) is 0 Å². The summed E-state index contributed by atoms with van der Waals surface area (Å²) in [6.45, 7) is 2.74. The van der Waals surface area contributed by atoms with E-state index in [1.165, 1.54) is 23.2 Å². The molecule has 10 heteroatoms. The van der Waals surface area contributed by atoms with E-state index in [9.17, 15) is 22.4 Å². The number of nitrogens with zero attached hydrogens (tertiary/aromatic N) is 3. The number of alkyl halides is 3. The number of pyridine rings is 1. The van der Waals surface area contributed by atoms with Gasteiger partial charge in [-0.2, -0.15) is 13.2 Å². The van der Waals surface area contributed by atoms with E-state index in [1.807, 2.05) is 4.90 Å². The van der Waals surface area contributed by atoms with Crippen LogP contribution in [0.5, 0.6) is 0 Å². The molecule has 6 nitrogen and oxygen atoms in total. The van der Waals surface area contributed by atoms with E-state index >= 15 is 0 Å². The highest BCUT2D eigenvalue weighted by atomic mass is 19.4. The fraction of sp³-hybridized carbons (Fsp3) is 0.455. The molecule has 4 rings (SSSR count). The number of morpholine rings is 1. The van der Waals surface area contributed by atoms with Crippen molar-refractivity contribution in [2.45, 2.75) is 19.0 Å². The first-order valence-electron chi connectivity index (χ1n) is 10.5. The number of aromatic nitrogens is 1. The van der Waals surface area contributed by atoms with Crippen LogP contribution < -0.4 is 15.1 Å². The van der Waals surface area contributed by atoms with Crippen molar-refractivity contribution in [1.82, 2.24) is 4.98 Å². The van der Waals surface area contributed by atoms with Crippen molar-refractivity contribution >= 4 is 23.1 Å². The molecular weight excluding hydrogens is 428 g/mol. The van der Waals surface area contributed by atoms with Crippen molar-refractivity contribution in [2.24, 2.45) is 5.92 Å². The number of nitrogens with one attached hydrogen (secondary N) is 1. The second-order valence-corrected chi connectivity index (χ2v) is 7.91. The van der Waals surface area contributed by atoms with Gasteiger partial charge in [0, 0.05) is 38.1 Å². The second kappa shape index (κ2) is 9.32. The van der Waals surface area contributed by atoms with Crippen molar-refractivity contribution < 1.29 is 27.1 Å². The molecule has 2 aliphatic rings. The van der Waals surface area contributed by atoms with Crippen LogP contribution in [0.3, 0.4) is 0 Å². The summed E-state index contributed by atoms with van der Waals surface area (Å²) in [6, 6.07) is 6.75. The molecule has 0 bridgehead atoms. The van der Waals surface area contributed by atoms with Gasteiger partial charge in [0.25, 0.3) is 0 Å². The summed E-state index contributed by atoms with van der Waals surface area (Å²) in [4.78, 5) is 20.1. The van der Waals surface area contributed by atoms with E-state index in [2.05, 4.69) is 10.3 Å². The molecule has 0 spiro atoms. The highest BCUT2D eigenvalue weighted by Crippen LogP contribution is 2.36. The average Bonchev–Trinajstić information content (AvgIpc) is 2.79. The molecule has 3 heterocycles. The Bertz CT molecular complexity index is 963. The number of ether oxygens (including phenoxy) is 1. The van der Waals surface area contributed by atoms with Crippen LogP contribution in [0.2, 0.25) is 0 Å². The van der Waals surface area contributed by atoms with Gasteiger partial charge in [-0.1, -0.05) is 0 Å². The number of hydrogen-bond acceptors (Lipinski definition) is 5. The van der Waals surface area contributed by atoms with Crippen LogP contribution in [-0.2, 0) is 15.7 Å². The Morgan fingerprint density at radius 2 is 1.91 bits per heavy atom. The molecule has 32 heavy (non-hydrogen) atoms. The zero-order valence-electron chi connectivity index (χ0n) is 17.4. The summed E-state index contributed by atoms with van der Waals surface area (Å²) in [5.74, 6) is -1.50. The van der Waals surface area contributed by atoms with E-state index in [0.717, 1.165) is 6.07 Å². The Labute approximate surface area is 183 Å². The SMILES string of the molecule is O=C(Nc1ccc(N2CCOCC2)c(F)c1)C1CCCN(c2ncccc2C(F)(F)F)C1. The van der Waals surface area contributed by atoms with Crippen LogP contribution in [0, 0.1) is 11.7 Å². The van der Waals surface area contributed by atoms with Gasteiger partial charge in [0.15, 0.2) is 0 Å². The maximum absolute atomic E-state index is 14.6. The van der Waals surface area contributed by atoms with Gasteiger partial charge in [0.1, 0.15) is 11.6 Å². The first-order valence-corrected chi connectivity index (χ1v) is 10.5. The summed E-state index contributed by atoms with van der Waals surface area (Å²) in [5.41, 5.74) is -0.0535. The highest BCUT2D eigenvalue weighted by Gasteiger charge is 2.37. The standard InChI is InChI=1S/C22H24F4N4O2/c23-18-13-16(5-6-19(18)29-9-11-32-12-10-29)28-21(31)15-3-2-8-30(14-15)20-17(22(24,25)26)4-1-7-27-20/h1,4-7,13,15H,2-3,8-12,14H2,(H,28,31). The van der Waals surface area contributed by atoms with Crippen molar-refractivity contribution in [2.75, 3.05) is 54.5 Å². The van der Waals surface area contributed by atoms with Crippen molar-refractivity contribution in [3.63, 3.8) is 0 Å². The molecular formula is C22H24F4N4O2. The number of hydrogen-bond donors (Lipinski definition) is 1. The van der Waals surface area contributed by atoms with E-state index < -0.39 is 23.5 Å². The third kappa shape index (κ3) is 4.95. The lowest BCUT2D eigenvalue weighted by Gasteiger charge is -2.34. The predicted octanol–water partition coefficient (Wildman–Crippen LogP) is 3.93. The number of anilines is 3. The van der Waals surface area contributed by atoms with Crippen LogP contribution in [0.25, 0.3) is 0 Å². The second-order valence-electron chi connectivity index (χ2n) is 7.91. The lowest BCUT2D eigenvalue weighted by atomic mass is 9.96. The van der Waals surface area contributed by atoms with Gasteiger partial charge in [-0.25, -0.2) is 9.37 Å². The van der Waals surface area contributed by atoms with Gasteiger partial charge in [-0.05, 0) is 43.2 Å². The monoisotopic (exact) mass is 452 g/mol. The summed E-state index contributed by atoms with van der Waals surface area (Å²) in [5, 5.41) is 2.71. The van der Waals surface area contributed by atoms with Crippen LogP contribution in [-0.4, -0.2) is 50.3 Å². The van der Waals surface area contributed by atoms with Crippen LogP contribution >= 0.6 is 0 Å². The fourth-order valence-corrected chi connectivity index (χ4v) is 4.14. The van der Waals surface area contributed by atoms with Gasteiger partial charge in [-0.3, -0.25) is 4.79 Å². The normalized spacial score (nSPS) is 19.7. The molecule has 2 saturated heterocycles. The minimum absolute atomic E-state index is 0.111. The van der Waals surface area contributed by atoms with E-state index in [-0.39, 0.29) is 18.3 Å². The van der Waals surface area contributed by atoms with Crippen LogP contribution in [0.1, 0.15) is 18.4 Å². The zero-order chi connectivity index (χ0) is 22.7. The van der Waals surface area contributed by atoms with Crippen LogP contribution in [0.4, 0.5) is 34.8 Å². The predicted molar refractivity (Wildman–Crippen MR) is 112 cm³/mol. The van der Waals surface area contributed by atoms with Gasteiger partial charge in [-0.15, -0.1) is 0 Å². The number of rotatable bonds is 4. The zero-order valence-corrected chi connectivity index (χ0v) is 17.4. The largest absolute Gasteiger partial charge is 0.419 e. The van der Waals surface area contributed by atoms with Gasteiger partial charge in [0.2, 0.25) is 5.91 Å². The maximum atomic E-state index is 14.6. The summed E-state index contributed by atoms with van der Waals surface area (Å²) >= 11 is 0. The molecule has 1 atom stereocenters. The molecule has 2 aromatic rings. The fourth-order valence-electron chi connectivity index (χ4n) is 4.14. The quantitative estimate of drug-likeness (QED) is 0.713. The highest BCUT2D eigenvalue weighted by molar-refractivity contribution is 5.93. The number of halogens is 4. The molecule has 172 valence electrons. The van der Waals surface area contributed by atoms with Crippen molar-refractivity contribution in [3.05, 3.63) is 47.9 Å². The molecule has 0 aliphatic carbocycles. The third-order valence-electron chi connectivity index (χ3n) is 5.75. The minimum Gasteiger partial charge on any atom is -0.378 e. The lowest BCUT2D eigenvalue weighted by Crippen LogP contribution is -2.42. The minimum atomic E-state index is -4.53. The summed E-state index contributed by atoms with van der Waals surface area (Å²) in [7, 11) is 0. The first-order chi connectivity index (χ1) is 15.3. The topological polar surface area (TPSA) is 57.7 Å². The Hall–Kier alpha value is -2.88. The van der Waals surface area contributed by atoms with E-state index in [4.69, 9.17) is 4.74 Å². The van der Waals surface area contributed by atoms with E-state index in [1.54, 1.807) is 12.1 Å². The Morgan fingerprint density at radius 3 is 2.62 bits per heavy atom. The molecule has 2 aliphatic heterocycles. The molecule has 0 radical (unpaired) electrons. The number of carbonyl (C=O) groups is 1. The molecule has 1 aromatic heterocycles. The number of carbonyl (C=O) groups excluding carboxylic acids is 1. The molecule has 1 N–H and O–H groups in total. The van der Waals surface area contributed by atoms with Gasteiger partial charge >= 0.3 is 6.18 Å². The molecule has 0 saturated carbocycles. The third-order valence-corrected chi connectivity index (χ3v) is 5.75. The number of benzene rings is 1. The number of piperidine rings is 1. The Morgan fingerprint density at radius 1 is 1.12 bits per heavy atom. The molecule has 1 aromatic carbocycles. The van der Waals surface area contributed by atoms with Gasteiger partial charge in [0.05, 0.1) is 30.4 Å². The smallest absolute Gasteiger partial charge is 0.378 e. The summed E-state index contributed by atoms with van der Waals surface area (Å²) < 4.78 is 60.0. The maximum Gasteiger partial charge on any atom is 0.419 e. The Kier molecular flexibility index (Phi) is 6.50. The first kappa shape index (κ1) is 22.3. The van der Waals surface area contributed by atoms with E-state index in [0.29, 0.717) is 57.1 Å². The lowest BCUT2D eigenvalue weighted by molar-refractivity contribution is -0.137. The van der Waals surface area contributed by atoms with Crippen molar-refractivity contribution in [3.8, 4) is 0 Å². The summed E-state index contributed by atoms with van der Waals surface area (Å²) in [6.07, 6.45) is -2.13. The van der Waals surface area contributed by atoms with Crippen LogP contribution in [0.15, 0.2) is 36.5 Å². The molecule has 1 unspecified atom stereocenters. The molecule has 2 fully saturated rings. The number of amides is 1.